The molecule has 0 aliphatic rings. The minimum atomic E-state index is 0.318. The Morgan fingerprint density at radius 2 is 1.08 bits per heavy atom. The van der Waals surface area contributed by atoms with Crippen LogP contribution in [0.5, 0.6) is 0 Å². The topological polar surface area (TPSA) is 20.2 Å². The second kappa shape index (κ2) is 16.1. The summed E-state index contributed by atoms with van der Waals surface area (Å²) in [6.45, 7) is 13.7. The molecule has 1 heteroatoms. The van der Waals surface area contributed by atoms with Gasteiger partial charge in [0.25, 0.3) is 0 Å². The Morgan fingerprint density at radius 1 is 0.654 bits per heavy atom. The molecule has 0 fully saturated rings. The van der Waals surface area contributed by atoms with E-state index in [9.17, 15) is 0 Å². The molecule has 0 aromatic rings. The first-order chi connectivity index (χ1) is 12.3. The van der Waals surface area contributed by atoms with Crippen molar-refractivity contribution in [3.63, 3.8) is 0 Å². The maximum absolute atomic E-state index is 8.94. The van der Waals surface area contributed by atoms with Crippen LogP contribution in [0.2, 0.25) is 0 Å². The van der Waals surface area contributed by atoms with E-state index in [0.29, 0.717) is 12.5 Å². The Hall–Kier alpha value is -1.08. The zero-order chi connectivity index (χ0) is 19.8. The van der Waals surface area contributed by atoms with Gasteiger partial charge in [0.1, 0.15) is 0 Å². The van der Waals surface area contributed by atoms with Crippen LogP contribution in [-0.4, -0.2) is 11.7 Å². The molecule has 0 aromatic heterocycles. The molecule has 0 saturated heterocycles. The molecule has 26 heavy (non-hydrogen) atoms. The molecule has 150 valence electrons. The van der Waals surface area contributed by atoms with Crippen LogP contribution in [0.25, 0.3) is 0 Å². The van der Waals surface area contributed by atoms with Gasteiger partial charge in [-0.25, -0.2) is 0 Å². The van der Waals surface area contributed by atoms with Gasteiger partial charge in [-0.2, -0.15) is 0 Å². The molecular formula is C25H44O. The Labute approximate surface area is 164 Å². The second-order valence-electron chi connectivity index (χ2n) is 8.24. The van der Waals surface area contributed by atoms with Gasteiger partial charge in [-0.15, -0.1) is 0 Å². The average molecular weight is 361 g/mol. The lowest BCUT2D eigenvalue weighted by atomic mass is 10.0. The van der Waals surface area contributed by atoms with E-state index in [0.717, 1.165) is 19.3 Å². The molecule has 0 saturated carbocycles. The summed E-state index contributed by atoms with van der Waals surface area (Å²) in [5, 5.41) is 8.94. The van der Waals surface area contributed by atoms with Crippen LogP contribution in [0.3, 0.4) is 0 Å². The fraction of sp³-hybridized carbons (Fsp3) is 0.680. The summed E-state index contributed by atoms with van der Waals surface area (Å²) in [7, 11) is 0. The van der Waals surface area contributed by atoms with Gasteiger partial charge in [-0.1, -0.05) is 53.5 Å². The molecule has 1 nitrogen and oxygen atoms in total. The van der Waals surface area contributed by atoms with Crippen molar-refractivity contribution >= 4 is 0 Å². The van der Waals surface area contributed by atoms with Crippen molar-refractivity contribution in [1.82, 2.24) is 0 Å². The van der Waals surface area contributed by atoms with Crippen molar-refractivity contribution in [2.75, 3.05) is 6.61 Å². The van der Waals surface area contributed by atoms with E-state index >= 15 is 0 Å². The molecule has 1 N–H and O–H groups in total. The lowest BCUT2D eigenvalue weighted by molar-refractivity contribution is 0.259. The monoisotopic (exact) mass is 360 g/mol. The van der Waals surface area contributed by atoms with E-state index < -0.39 is 0 Å². The Balaban J connectivity index is 3.97. The van der Waals surface area contributed by atoms with Crippen molar-refractivity contribution in [3.8, 4) is 0 Å². The van der Waals surface area contributed by atoms with Gasteiger partial charge < -0.3 is 5.11 Å². The van der Waals surface area contributed by atoms with Crippen LogP contribution in [0.1, 0.15) is 99.3 Å². The number of rotatable bonds is 14. The van der Waals surface area contributed by atoms with Crippen LogP contribution in [0, 0.1) is 5.92 Å². The third-order valence-electron chi connectivity index (χ3n) is 4.93. The van der Waals surface area contributed by atoms with E-state index in [1.54, 1.807) is 0 Å². The fourth-order valence-corrected chi connectivity index (χ4v) is 2.97. The predicted octanol–water partition coefficient (Wildman–Crippen LogP) is 7.93. The van der Waals surface area contributed by atoms with Crippen molar-refractivity contribution in [3.05, 3.63) is 46.6 Å². The third kappa shape index (κ3) is 16.4. The highest BCUT2D eigenvalue weighted by Crippen LogP contribution is 2.15. The third-order valence-corrected chi connectivity index (χ3v) is 4.93. The van der Waals surface area contributed by atoms with Crippen LogP contribution >= 0.6 is 0 Å². The summed E-state index contributed by atoms with van der Waals surface area (Å²) in [5.41, 5.74) is 5.95. The largest absolute Gasteiger partial charge is 0.396 e. The van der Waals surface area contributed by atoms with Gasteiger partial charge >= 0.3 is 0 Å². The van der Waals surface area contributed by atoms with Crippen LogP contribution in [0.4, 0.5) is 0 Å². The zero-order valence-electron chi connectivity index (χ0n) is 18.4. The normalized spacial score (nSPS) is 14.5. The summed E-state index contributed by atoms with van der Waals surface area (Å²) in [5.74, 6) is 0.629. The van der Waals surface area contributed by atoms with Gasteiger partial charge in [0.2, 0.25) is 0 Å². The van der Waals surface area contributed by atoms with Gasteiger partial charge in [0, 0.05) is 6.61 Å². The summed E-state index contributed by atoms with van der Waals surface area (Å²) < 4.78 is 0. The van der Waals surface area contributed by atoms with E-state index in [4.69, 9.17) is 5.11 Å². The van der Waals surface area contributed by atoms with Crippen LogP contribution in [0.15, 0.2) is 46.6 Å². The van der Waals surface area contributed by atoms with Crippen molar-refractivity contribution in [2.24, 2.45) is 5.92 Å². The van der Waals surface area contributed by atoms with Gasteiger partial charge in [-0.05, 0) is 98.3 Å². The summed E-state index contributed by atoms with van der Waals surface area (Å²) in [6.07, 6.45) is 19.8. The number of hydrogen-bond donors (Lipinski definition) is 1. The van der Waals surface area contributed by atoms with Crippen molar-refractivity contribution in [1.29, 1.82) is 0 Å². The average Bonchev–Trinajstić information content (AvgIpc) is 2.54. The Morgan fingerprint density at radius 3 is 1.50 bits per heavy atom. The first-order valence-electron chi connectivity index (χ1n) is 10.6. The van der Waals surface area contributed by atoms with Gasteiger partial charge in [0.05, 0.1) is 0 Å². The smallest absolute Gasteiger partial charge is 0.0433 e. The molecule has 0 unspecified atom stereocenters. The second-order valence-corrected chi connectivity index (χ2v) is 8.24. The molecular weight excluding hydrogens is 316 g/mol. The Kier molecular flexibility index (Phi) is 15.5. The van der Waals surface area contributed by atoms with E-state index in [-0.39, 0.29) is 0 Å². The number of hydrogen-bond acceptors (Lipinski definition) is 1. The van der Waals surface area contributed by atoms with Crippen molar-refractivity contribution < 1.29 is 5.11 Å². The van der Waals surface area contributed by atoms with E-state index in [1.165, 1.54) is 60.8 Å². The maximum Gasteiger partial charge on any atom is 0.0433 e. The predicted molar refractivity (Wildman–Crippen MR) is 119 cm³/mol. The molecule has 0 spiro atoms. The maximum atomic E-state index is 8.94. The molecule has 0 heterocycles. The molecule has 0 bridgehead atoms. The number of aliphatic hydroxyl groups is 1. The quantitative estimate of drug-likeness (QED) is 0.312. The van der Waals surface area contributed by atoms with Crippen LogP contribution < -0.4 is 0 Å². The highest BCUT2D eigenvalue weighted by molar-refractivity contribution is 5.07. The summed E-state index contributed by atoms with van der Waals surface area (Å²) in [4.78, 5) is 0. The highest BCUT2D eigenvalue weighted by atomic mass is 16.3. The highest BCUT2D eigenvalue weighted by Gasteiger charge is 1.99. The summed E-state index contributed by atoms with van der Waals surface area (Å²) in [6, 6.07) is 0. The summed E-state index contributed by atoms with van der Waals surface area (Å²) >= 11 is 0. The Bertz CT molecular complexity index is 472. The first kappa shape index (κ1) is 24.9. The lowest BCUT2D eigenvalue weighted by Crippen LogP contribution is -1.97. The number of allylic oxidation sites excluding steroid dienone is 8. The minimum absolute atomic E-state index is 0.318. The zero-order valence-corrected chi connectivity index (χ0v) is 18.4. The molecule has 0 amide bonds. The number of aliphatic hydroxyl groups excluding tert-OH is 1. The molecule has 0 aliphatic heterocycles. The molecule has 0 rings (SSSR count). The van der Waals surface area contributed by atoms with E-state index in [2.05, 4.69) is 65.8 Å². The van der Waals surface area contributed by atoms with Crippen molar-refractivity contribution in [2.45, 2.75) is 99.3 Å². The minimum Gasteiger partial charge on any atom is -0.396 e. The standard InChI is InChI=1S/C25H44O/c1-21(2)11-7-12-22(3)13-8-14-23(4)15-9-16-24(5)17-10-18-25(6)19-20-26/h11,13,15,17,25-26H,7-10,12,14,16,18-20H2,1-6H3/b22-13+,23-15+,24-17+/t25-/m0/s1. The van der Waals surface area contributed by atoms with Gasteiger partial charge in [-0.3, -0.25) is 0 Å². The van der Waals surface area contributed by atoms with Gasteiger partial charge in [0.15, 0.2) is 0 Å². The molecule has 0 radical (unpaired) electrons. The molecule has 0 aromatic carbocycles. The molecule has 1 atom stereocenters. The lowest BCUT2D eigenvalue weighted by Gasteiger charge is -2.07. The van der Waals surface area contributed by atoms with Crippen LogP contribution in [-0.2, 0) is 0 Å². The first-order valence-corrected chi connectivity index (χ1v) is 10.6. The fourth-order valence-electron chi connectivity index (χ4n) is 2.97. The SMILES string of the molecule is CC(C)=CCC/C(C)=C/CC/C(C)=C/CC/C(C)=C/CC[C@H](C)CCO. The molecule has 0 aliphatic carbocycles. The van der Waals surface area contributed by atoms with E-state index in [1.807, 2.05) is 0 Å².